The second kappa shape index (κ2) is 5.27. The molecule has 0 aliphatic heterocycles. The molecule has 2 rings (SSSR count). The molecular formula is C13H17N3S. The van der Waals surface area contributed by atoms with E-state index in [0.717, 1.165) is 18.6 Å². The lowest BCUT2D eigenvalue weighted by molar-refractivity contribution is 0.719. The quantitative estimate of drug-likeness (QED) is 0.621. The van der Waals surface area contributed by atoms with Crippen LogP contribution in [0.15, 0.2) is 29.4 Å². The minimum absolute atomic E-state index is 0.325. The molecule has 0 spiro atoms. The molecular weight excluding hydrogens is 230 g/mol. The van der Waals surface area contributed by atoms with Crippen LogP contribution in [-0.4, -0.2) is 16.9 Å². The molecule has 2 N–H and O–H groups in total. The van der Waals surface area contributed by atoms with E-state index in [0.29, 0.717) is 11.2 Å². The Hall–Kier alpha value is -1.42. The van der Waals surface area contributed by atoms with Crippen LogP contribution >= 0.6 is 12.2 Å². The van der Waals surface area contributed by atoms with E-state index in [2.05, 4.69) is 34.0 Å². The number of hydrogen-bond donors (Lipinski definition) is 2. The van der Waals surface area contributed by atoms with E-state index in [1.54, 1.807) is 0 Å². The lowest BCUT2D eigenvalue weighted by atomic mass is 10.1. The largest absolute Gasteiger partial charge is 0.359 e. The van der Waals surface area contributed by atoms with Crippen molar-refractivity contribution in [3.63, 3.8) is 0 Å². The number of aryl methyl sites for hydroxylation is 1. The number of hydrogen-bond acceptors (Lipinski definition) is 2. The van der Waals surface area contributed by atoms with Gasteiger partial charge in [-0.05, 0) is 44.5 Å². The fourth-order valence-electron chi connectivity index (χ4n) is 1.94. The summed E-state index contributed by atoms with van der Waals surface area (Å²) in [6.07, 6.45) is 2.05. The van der Waals surface area contributed by atoms with Gasteiger partial charge in [-0.15, -0.1) is 0 Å². The van der Waals surface area contributed by atoms with E-state index in [4.69, 9.17) is 12.2 Å². The molecule has 4 heteroatoms. The van der Waals surface area contributed by atoms with Crippen molar-refractivity contribution in [1.29, 1.82) is 0 Å². The first-order chi connectivity index (χ1) is 8.16. The summed E-state index contributed by atoms with van der Waals surface area (Å²) >= 11 is 5.13. The molecule has 1 aliphatic rings. The summed E-state index contributed by atoms with van der Waals surface area (Å²) < 4.78 is 0. The maximum Gasteiger partial charge on any atom is 0.187 e. The predicted molar refractivity (Wildman–Crippen MR) is 75.3 cm³/mol. The molecule has 0 saturated carbocycles. The van der Waals surface area contributed by atoms with E-state index in [9.17, 15) is 0 Å². The van der Waals surface area contributed by atoms with Crippen LogP contribution in [0.3, 0.4) is 0 Å². The Morgan fingerprint density at radius 2 is 2.06 bits per heavy atom. The van der Waals surface area contributed by atoms with Gasteiger partial charge in [0.1, 0.15) is 0 Å². The number of benzene rings is 1. The van der Waals surface area contributed by atoms with Gasteiger partial charge in [-0.1, -0.05) is 24.3 Å². The first kappa shape index (κ1) is 12.0. The smallest absolute Gasteiger partial charge is 0.187 e. The SMILES string of the molecule is CC(C)NC(=S)N/N=C1/CCc2ccccc21. The third-order valence-electron chi connectivity index (χ3n) is 2.67. The van der Waals surface area contributed by atoms with Gasteiger partial charge in [0.15, 0.2) is 5.11 Å². The predicted octanol–water partition coefficient (Wildman–Crippen LogP) is 2.21. The van der Waals surface area contributed by atoms with E-state index in [1.807, 2.05) is 19.9 Å². The average Bonchev–Trinajstić information content (AvgIpc) is 2.69. The topological polar surface area (TPSA) is 36.4 Å². The van der Waals surface area contributed by atoms with E-state index in [-0.39, 0.29) is 0 Å². The molecule has 17 heavy (non-hydrogen) atoms. The Morgan fingerprint density at radius 1 is 1.29 bits per heavy atom. The number of nitrogens with one attached hydrogen (secondary N) is 2. The van der Waals surface area contributed by atoms with Crippen LogP contribution < -0.4 is 10.7 Å². The highest BCUT2D eigenvalue weighted by atomic mass is 32.1. The molecule has 0 amide bonds. The van der Waals surface area contributed by atoms with Crippen molar-refractivity contribution < 1.29 is 0 Å². The number of fused-ring (bicyclic) bond motifs is 1. The van der Waals surface area contributed by atoms with E-state index in [1.165, 1.54) is 11.1 Å². The molecule has 0 bridgehead atoms. The van der Waals surface area contributed by atoms with Crippen molar-refractivity contribution in [2.24, 2.45) is 5.10 Å². The first-order valence-corrected chi connectivity index (χ1v) is 6.29. The molecule has 0 saturated heterocycles. The van der Waals surface area contributed by atoms with E-state index < -0.39 is 0 Å². The molecule has 0 fully saturated rings. The summed E-state index contributed by atoms with van der Waals surface area (Å²) in [5, 5.41) is 8.06. The Balaban J connectivity index is 2.03. The van der Waals surface area contributed by atoms with Crippen molar-refractivity contribution in [2.75, 3.05) is 0 Å². The third kappa shape index (κ3) is 3.03. The van der Waals surface area contributed by atoms with Crippen molar-refractivity contribution in [1.82, 2.24) is 10.7 Å². The van der Waals surface area contributed by atoms with Crippen LogP contribution in [0, 0.1) is 0 Å². The Labute approximate surface area is 107 Å². The van der Waals surface area contributed by atoms with Gasteiger partial charge in [-0.25, -0.2) is 0 Å². The lowest BCUT2D eigenvalue weighted by Crippen LogP contribution is -2.37. The van der Waals surface area contributed by atoms with Crippen LogP contribution in [0.2, 0.25) is 0 Å². The van der Waals surface area contributed by atoms with Gasteiger partial charge in [0.05, 0.1) is 5.71 Å². The van der Waals surface area contributed by atoms with Crippen LogP contribution in [-0.2, 0) is 6.42 Å². The van der Waals surface area contributed by atoms with Gasteiger partial charge in [0, 0.05) is 11.6 Å². The van der Waals surface area contributed by atoms with Crippen molar-refractivity contribution in [3.8, 4) is 0 Å². The van der Waals surface area contributed by atoms with Gasteiger partial charge >= 0.3 is 0 Å². The molecule has 0 aromatic heterocycles. The third-order valence-corrected chi connectivity index (χ3v) is 2.88. The standard InChI is InChI=1S/C13H17N3S/c1-9(2)14-13(17)16-15-12-8-7-10-5-3-4-6-11(10)12/h3-6,9H,7-8H2,1-2H3,(H2,14,16,17)/b15-12-. The number of rotatable bonds is 2. The fourth-order valence-corrected chi connectivity index (χ4v) is 2.22. The highest BCUT2D eigenvalue weighted by Crippen LogP contribution is 2.21. The lowest BCUT2D eigenvalue weighted by Gasteiger charge is -2.10. The Kier molecular flexibility index (Phi) is 3.74. The molecule has 3 nitrogen and oxygen atoms in total. The molecule has 0 unspecified atom stereocenters. The Morgan fingerprint density at radius 3 is 2.82 bits per heavy atom. The molecule has 1 aromatic carbocycles. The Bertz CT molecular complexity index is 452. The molecule has 90 valence electrons. The molecule has 0 heterocycles. The fraction of sp³-hybridized carbons (Fsp3) is 0.385. The highest BCUT2D eigenvalue weighted by Gasteiger charge is 2.16. The molecule has 1 aromatic rings. The van der Waals surface area contributed by atoms with Crippen molar-refractivity contribution >= 4 is 23.0 Å². The van der Waals surface area contributed by atoms with Crippen LogP contribution in [0.25, 0.3) is 0 Å². The molecule has 1 aliphatic carbocycles. The average molecular weight is 247 g/mol. The van der Waals surface area contributed by atoms with Gasteiger partial charge in [-0.3, -0.25) is 5.43 Å². The minimum Gasteiger partial charge on any atom is -0.359 e. The number of hydrazone groups is 1. The molecule has 0 atom stereocenters. The second-order valence-corrected chi connectivity index (χ2v) is 4.86. The van der Waals surface area contributed by atoms with Crippen LogP contribution in [0.1, 0.15) is 31.4 Å². The zero-order chi connectivity index (χ0) is 12.3. The zero-order valence-electron chi connectivity index (χ0n) is 10.2. The summed E-state index contributed by atoms with van der Waals surface area (Å²) in [5.74, 6) is 0. The summed E-state index contributed by atoms with van der Waals surface area (Å²) in [6, 6.07) is 8.71. The summed E-state index contributed by atoms with van der Waals surface area (Å²) in [5.41, 5.74) is 6.61. The highest BCUT2D eigenvalue weighted by molar-refractivity contribution is 7.80. The van der Waals surface area contributed by atoms with Crippen LogP contribution in [0.4, 0.5) is 0 Å². The number of thiocarbonyl (C=S) groups is 1. The zero-order valence-corrected chi connectivity index (χ0v) is 11.0. The monoisotopic (exact) mass is 247 g/mol. The van der Waals surface area contributed by atoms with Crippen molar-refractivity contribution in [3.05, 3.63) is 35.4 Å². The van der Waals surface area contributed by atoms with Gasteiger partial charge in [0.25, 0.3) is 0 Å². The van der Waals surface area contributed by atoms with Gasteiger partial charge < -0.3 is 5.32 Å². The normalized spacial score (nSPS) is 16.1. The first-order valence-electron chi connectivity index (χ1n) is 5.88. The summed E-state index contributed by atoms with van der Waals surface area (Å²) in [6.45, 7) is 4.10. The minimum atomic E-state index is 0.325. The van der Waals surface area contributed by atoms with Gasteiger partial charge in [-0.2, -0.15) is 5.10 Å². The summed E-state index contributed by atoms with van der Waals surface area (Å²) in [4.78, 5) is 0. The maximum atomic E-state index is 5.13. The van der Waals surface area contributed by atoms with Crippen molar-refractivity contribution in [2.45, 2.75) is 32.7 Å². The maximum absolute atomic E-state index is 5.13. The van der Waals surface area contributed by atoms with Crippen LogP contribution in [0.5, 0.6) is 0 Å². The number of nitrogens with zero attached hydrogens (tertiary/aromatic N) is 1. The van der Waals surface area contributed by atoms with Gasteiger partial charge in [0.2, 0.25) is 0 Å². The second-order valence-electron chi connectivity index (χ2n) is 4.46. The molecule has 0 radical (unpaired) electrons. The van der Waals surface area contributed by atoms with E-state index >= 15 is 0 Å². The summed E-state index contributed by atoms with van der Waals surface area (Å²) in [7, 11) is 0.